The average Bonchev–Trinajstić information content (AvgIpc) is 2.69. The maximum Gasteiger partial charge on any atom is 0.278 e. The highest BCUT2D eigenvalue weighted by molar-refractivity contribution is 5.77. The third-order valence-corrected chi connectivity index (χ3v) is 4.78. The lowest BCUT2D eigenvalue weighted by Gasteiger charge is -2.31. The second kappa shape index (κ2) is 8.67. The van der Waals surface area contributed by atoms with Gasteiger partial charge in [0, 0.05) is 11.6 Å². The van der Waals surface area contributed by atoms with Crippen LogP contribution in [-0.4, -0.2) is 57.7 Å². The molecule has 1 aromatic carbocycles. The number of aromatic amines is 1. The van der Waals surface area contributed by atoms with Gasteiger partial charge in [-0.05, 0) is 30.3 Å². The Morgan fingerprint density at radius 3 is 2.46 bits per heavy atom. The summed E-state index contributed by atoms with van der Waals surface area (Å²) in [6, 6.07) is 14.1. The number of rotatable bonds is 6. The minimum absolute atomic E-state index is 0.229. The van der Waals surface area contributed by atoms with Gasteiger partial charge in [-0.1, -0.05) is 6.07 Å². The molecule has 6 heteroatoms. The van der Waals surface area contributed by atoms with E-state index in [4.69, 9.17) is 4.74 Å². The van der Waals surface area contributed by atoms with E-state index in [0.717, 1.165) is 44.3 Å². The molecule has 1 fully saturated rings. The van der Waals surface area contributed by atoms with Crippen LogP contribution >= 0.6 is 0 Å². The minimum Gasteiger partial charge on any atom is -0.497 e. The second-order valence-corrected chi connectivity index (χ2v) is 6.77. The van der Waals surface area contributed by atoms with Crippen LogP contribution in [0.25, 0.3) is 0 Å². The van der Waals surface area contributed by atoms with Crippen molar-refractivity contribution in [3.05, 3.63) is 54.2 Å². The summed E-state index contributed by atoms with van der Waals surface area (Å²) in [4.78, 5) is 21.3. The molecule has 1 atom stereocenters. The van der Waals surface area contributed by atoms with Crippen molar-refractivity contribution >= 4 is 11.7 Å². The van der Waals surface area contributed by atoms with Gasteiger partial charge in [0.2, 0.25) is 0 Å². The van der Waals surface area contributed by atoms with Gasteiger partial charge in [-0.3, -0.25) is 9.69 Å². The number of likely N-dealkylation sites (N-methyl/N-ethyl adjacent to an activating group) is 1. The number of amides is 1. The lowest BCUT2D eigenvalue weighted by Crippen LogP contribution is -3.09. The predicted octanol–water partition coefficient (Wildman–Crippen LogP) is -0.127. The van der Waals surface area contributed by atoms with Crippen molar-refractivity contribution in [2.45, 2.75) is 6.54 Å². The predicted molar refractivity (Wildman–Crippen MR) is 100 cm³/mol. The number of anilines is 1. The zero-order chi connectivity index (χ0) is 18.4. The molecule has 3 rings (SSSR count). The Hall–Kier alpha value is -2.60. The van der Waals surface area contributed by atoms with E-state index in [9.17, 15) is 4.79 Å². The smallest absolute Gasteiger partial charge is 0.278 e. The van der Waals surface area contributed by atoms with Gasteiger partial charge in [0.15, 0.2) is 6.54 Å². The van der Waals surface area contributed by atoms with E-state index in [1.807, 2.05) is 35.4 Å². The molecule has 2 N–H and O–H groups in total. The molecule has 26 heavy (non-hydrogen) atoms. The number of nitrogens with zero attached hydrogens (tertiary/aromatic N) is 2. The van der Waals surface area contributed by atoms with Crippen molar-refractivity contribution in [2.75, 3.05) is 51.8 Å². The molecule has 138 valence electrons. The summed E-state index contributed by atoms with van der Waals surface area (Å²) < 4.78 is 5.18. The van der Waals surface area contributed by atoms with Gasteiger partial charge in [-0.15, -0.1) is 0 Å². The van der Waals surface area contributed by atoms with E-state index in [1.54, 1.807) is 7.11 Å². The second-order valence-electron chi connectivity index (χ2n) is 6.77. The van der Waals surface area contributed by atoms with Crippen LogP contribution in [0.2, 0.25) is 0 Å². The van der Waals surface area contributed by atoms with Crippen LogP contribution in [0.15, 0.2) is 48.7 Å². The first kappa shape index (κ1) is 18.2. The van der Waals surface area contributed by atoms with Gasteiger partial charge >= 0.3 is 0 Å². The number of methoxy groups -OCH3 is 1. The molecule has 0 spiro atoms. The molecule has 0 radical (unpaired) electrons. The standard InChI is InChI=1S/C20H26N4O2/c1-22(15-17-6-8-18(26-2)9-7-17)16-20(25)24-13-11-23(12-14-24)19-5-3-4-10-21-19/h3-10H,11-16H2,1-2H3/p+2. The Kier molecular flexibility index (Phi) is 6.07. The first-order valence-electron chi connectivity index (χ1n) is 9.09. The fourth-order valence-corrected chi connectivity index (χ4v) is 3.30. The highest BCUT2D eigenvalue weighted by Gasteiger charge is 2.27. The van der Waals surface area contributed by atoms with E-state index < -0.39 is 0 Å². The SMILES string of the molecule is COc1ccc(C[NH+](C)CC(=O)N2CCN(c3cccc[nH+]3)CC2)cc1. The van der Waals surface area contributed by atoms with E-state index in [0.29, 0.717) is 6.54 Å². The Morgan fingerprint density at radius 2 is 1.85 bits per heavy atom. The fraction of sp³-hybridized carbons (Fsp3) is 0.400. The molecule has 1 saturated heterocycles. The van der Waals surface area contributed by atoms with Crippen molar-refractivity contribution in [3.8, 4) is 5.75 Å². The fourth-order valence-electron chi connectivity index (χ4n) is 3.30. The summed E-state index contributed by atoms with van der Waals surface area (Å²) in [6.45, 7) is 4.63. The van der Waals surface area contributed by atoms with Gasteiger partial charge < -0.3 is 14.5 Å². The number of nitrogens with one attached hydrogen (secondary N) is 2. The highest BCUT2D eigenvalue weighted by Crippen LogP contribution is 2.11. The lowest BCUT2D eigenvalue weighted by atomic mass is 10.2. The van der Waals surface area contributed by atoms with Crippen LogP contribution in [0.5, 0.6) is 5.75 Å². The molecular formula is C20H28N4O2+2. The summed E-state index contributed by atoms with van der Waals surface area (Å²) in [5, 5.41) is 0. The molecular weight excluding hydrogens is 328 g/mol. The summed E-state index contributed by atoms with van der Waals surface area (Å²) in [5.74, 6) is 2.20. The van der Waals surface area contributed by atoms with Gasteiger partial charge in [0.1, 0.15) is 25.4 Å². The van der Waals surface area contributed by atoms with Crippen LogP contribution < -0.4 is 19.5 Å². The molecule has 1 amide bonds. The topological polar surface area (TPSA) is 51.4 Å². The molecule has 0 saturated carbocycles. The zero-order valence-electron chi connectivity index (χ0n) is 15.6. The van der Waals surface area contributed by atoms with E-state index in [2.05, 4.69) is 35.1 Å². The minimum atomic E-state index is 0.229. The number of ether oxygens (including phenoxy) is 1. The Morgan fingerprint density at radius 1 is 1.12 bits per heavy atom. The summed E-state index contributed by atoms with van der Waals surface area (Å²) in [5.41, 5.74) is 1.21. The van der Waals surface area contributed by atoms with Crippen molar-refractivity contribution in [3.63, 3.8) is 0 Å². The number of pyridine rings is 1. The van der Waals surface area contributed by atoms with Crippen molar-refractivity contribution in [1.29, 1.82) is 0 Å². The lowest BCUT2D eigenvalue weighted by molar-refractivity contribution is -0.885. The number of hydrogen-bond acceptors (Lipinski definition) is 3. The largest absolute Gasteiger partial charge is 0.497 e. The number of hydrogen-bond donors (Lipinski definition) is 1. The number of benzene rings is 1. The maximum atomic E-state index is 12.6. The van der Waals surface area contributed by atoms with Crippen molar-refractivity contribution in [2.24, 2.45) is 0 Å². The van der Waals surface area contributed by atoms with Crippen LogP contribution in [0.3, 0.4) is 0 Å². The number of aromatic nitrogens is 1. The molecule has 1 unspecified atom stereocenters. The van der Waals surface area contributed by atoms with Gasteiger partial charge in [0.05, 0.1) is 33.4 Å². The molecule has 1 aliphatic heterocycles. The normalized spacial score (nSPS) is 15.6. The van der Waals surface area contributed by atoms with Crippen LogP contribution in [0.4, 0.5) is 5.82 Å². The monoisotopic (exact) mass is 356 g/mol. The molecule has 2 aromatic rings. The molecule has 6 nitrogen and oxygen atoms in total. The van der Waals surface area contributed by atoms with E-state index in [1.165, 1.54) is 10.5 Å². The quantitative estimate of drug-likeness (QED) is 0.785. The number of H-pyrrole nitrogens is 1. The molecule has 0 aliphatic carbocycles. The maximum absolute atomic E-state index is 12.6. The first-order chi connectivity index (χ1) is 12.7. The van der Waals surface area contributed by atoms with Crippen molar-refractivity contribution < 1.29 is 19.4 Å². The summed E-state index contributed by atoms with van der Waals surface area (Å²) in [7, 11) is 3.73. The average molecular weight is 356 g/mol. The molecule has 1 aromatic heterocycles. The molecule has 0 bridgehead atoms. The van der Waals surface area contributed by atoms with Crippen molar-refractivity contribution in [1.82, 2.24) is 4.90 Å². The number of piperazine rings is 1. The zero-order valence-corrected chi connectivity index (χ0v) is 15.6. The van der Waals surface area contributed by atoms with Gasteiger partial charge in [0.25, 0.3) is 11.7 Å². The number of quaternary nitrogens is 1. The Labute approximate surface area is 155 Å². The number of carbonyl (C=O) groups excluding carboxylic acids is 1. The Balaban J connectivity index is 1.46. The third kappa shape index (κ3) is 4.73. The van der Waals surface area contributed by atoms with Gasteiger partial charge in [-0.25, -0.2) is 4.98 Å². The van der Waals surface area contributed by atoms with E-state index in [-0.39, 0.29) is 5.91 Å². The van der Waals surface area contributed by atoms with Crippen LogP contribution in [0.1, 0.15) is 5.56 Å². The molecule has 1 aliphatic rings. The summed E-state index contributed by atoms with van der Waals surface area (Å²) >= 11 is 0. The van der Waals surface area contributed by atoms with Gasteiger partial charge in [-0.2, -0.15) is 0 Å². The number of carbonyl (C=O) groups is 1. The highest BCUT2D eigenvalue weighted by atomic mass is 16.5. The van der Waals surface area contributed by atoms with Crippen LogP contribution in [-0.2, 0) is 11.3 Å². The molecule has 2 heterocycles. The van der Waals surface area contributed by atoms with E-state index >= 15 is 0 Å². The van der Waals surface area contributed by atoms with Crippen LogP contribution in [0, 0.1) is 0 Å². The summed E-state index contributed by atoms with van der Waals surface area (Å²) in [6.07, 6.45) is 1.93. The third-order valence-electron chi connectivity index (χ3n) is 4.78. The first-order valence-corrected chi connectivity index (χ1v) is 9.09. The Bertz CT molecular complexity index is 698.